The molecular weight excluding hydrogens is 764 g/mol. The van der Waals surface area contributed by atoms with Gasteiger partial charge < -0.3 is 36.8 Å². The van der Waals surface area contributed by atoms with Gasteiger partial charge in [0.05, 0.1) is 39.3 Å². The number of non-ortho nitro benzene ring substituents is 2. The first-order valence-electron chi connectivity index (χ1n) is 16.8. The average molecular weight is 799 g/mol. The highest BCUT2D eigenvalue weighted by atomic mass is 35.5. The molecule has 7 rings (SSSR count). The number of ether oxygens (including phenoxy) is 2. The summed E-state index contributed by atoms with van der Waals surface area (Å²) in [4.78, 5) is 65.8. The second kappa shape index (κ2) is 15.4. The molecule has 4 aromatic rings. The second-order valence-electron chi connectivity index (χ2n) is 13.2. The number of thioether (sulfide) groups is 1. The fourth-order valence-corrected chi connectivity index (χ4v) is 9.61. The van der Waals surface area contributed by atoms with Crippen molar-refractivity contribution in [1.82, 2.24) is 14.2 Å². The normalized spacial score (nSPS) is 21.1. The number of carbonyl (C=O) groups is 3. The first-order valence-corrected chi connectivity index (χ1v) is 18.8. The Balaban J connectivity index is 0.00000497. The Labute approximate surface area is 322 Å². The van der Waals surface area contributed by atoms with Gasteiger partial charge in [-0.1, -0.05) is 30.0 Å². The molecule has 3 aliphatic rings. The van der Waals surface area contributed by atoms with Crippen molar-refractivity contribution in [2.75, 3.05) is 19.3 Å². The number of aromatic nitrogens is 2. The number of nitrogens with zero attached hydrogens (tertiary/aromatic N) is 6. The summed E-state index contributed by atoms with van der Waals surface area (Å²) in [5.41, 5.74) is 1.85. The second-order valence-corrected chi connectivity index (χ2v) is 15.0. The van der Waals surface area contributed by atoms with Gasteiger partial charge in [-0.25, -0.2) is 14.2 Å². The Bertz CT molecular complexity index is 2170. The predicted molar refractivity (Wildman–Crippen MR) is 191 cm³/mol. The lowest BCUT2D eigenvalue weighted by Crippen LogP contribution is -3.00. The van der Waals surface area contributed by atoms with E-state index in [0.717, 1.165) is 14.7 Å². The fraction of sp³-hybridized carbons (Fsp3) is 0.371. The third-order valence-corrected chi connectivity index (χ3v) is 12.1. The zero-order valence-electron chi connectivity index (χ0n) is 29.2. The van der Waals surface area contributed by atoms with Crippen molar-refractivity contribution in [3.63, 3.8) is 0 Å². The molecule has 1 unspecified atom stereocenters. The maximum Gasteiger partial charge on any atom is 0.410 e. The third-order valence-electron chi connectivity index (χ3n) is 10.0. The van der Waals surface area contributed by atoms with E-state index in [9.17, 15) is 39.7 Å². The summed E-state index contributed by atoms with van der Waals surface area (Å²) < 4.78 is 15.3. The number of rotatable bonds is 11. The summed E-state index contributed by atoms with van der Waals surface area (Å²) in [6, 6.07) is 11.1. The lowest BCUT2D eigenvalue weighted by Gasteiger charge is -2.46. The van der Waals surface area contributed by atoms with Crippen LogP contribution >= 0.6 is 23.1 Å². The van der Waals surface area contributed by atoms with Crippen LogP contribution in [0.4, 0.5) is 16.2 Å². The van der Waals surface area contributed by atoms with Gasteiger partial charge >= 0.3 is 12.1 Å². The minimum absolute atomic E-state index is 0. The van der Waals surface area contributed by atoms with E-state index in [4.69, 9.17) is 9.47 Å². The molecule has 0 radical (unpaired) electrons. The molecule has 3 aliphatic heterocycles. The Morgan fingerprint density at radius 3 is 2.19 bits per heavy atom. The van der Waals surface area contributed by atoms with E-state index in [1.54, 1.807) is 35.7 Å². The molecule has 284 valence electrons. The molecule has 0 spiro atoms. The molecule has 0 saturated carbocycles. The van der Waals surface area contributed by atoms with Crippen molar-refractivity contribution < 1.29 is 55.8 Å². The van der Waals surface area contributed by atoms with E-state index < -0.39 is 40.0 Å². The molecule has 1 N–H and O–H groups in total. The van der Waals surface area contributed by atoms with Crippen LogP contribution in [0.3, 0.4) is 0 Å². The van der Waals surface area contributed by atoms with Crippen LogP contribution in [0.5, 0.6) is 0 Å². The molecule has 2 aromatic carbocycles. The number of likely N-dealkylation sites (tertiary alicyclic amines) is 1. The van der Waals surface area contributed by atoms with Crippen LogP contribution in [-0.2, 0) is 32.3 Å². The number of thiazole rings is 1. The Kier molecular flexibility index (Phi) is 11.0. The number of amides is 2. The number of nitro benzene ring substituents is 2. The maximum atomic E-state index is 13.8. The van der Waals surface area contributed by atoms with Crippen LogP contribution in [0.2, 0.25) is 0 Å². The standard InChI is InChI=1S/C35H35N6O10S2.ClH/c1-19-27(30(39-29(19)28(20(2)42)31(39)43)34(44)50-16-21-4-8-23(9-5-21)40(46)47)26-15-37-18-38(33(52-3)32(37)53-26)25-12-13-36(14-25)35(45)51-17-22-6-10-24(11-7-22)41(48)49;/h4-11,15,18-20,25,28-29,42H,12-14,16-17H2,1-3H3;1H/q+1;/p-1/t19-,20+,25?,28+,29+;/m0./s1. The van der Waals surface area contributed by atoms with Gasteiger partial charge in [0.15, 0.2) is 0 Å². The highest BCUT2D eigenvalue weighted by molar-refractivity contribution is 7.98. The monoisotopic (exact) mass is 798 g/mol. The largest absolute Gasteiger partial charge is 1.00 e. The molecule has 5 heterocycles. The molecule has 54 heavy (non-hydrogen) atoms. The highest BCUT2D eigenvalue weighted by Gasteiger charge is 2.60. The summed E-state index contributed by atoms with van der Waals surface area (Å²) in [7, 11) is 0. The number of carbonyl (C=O) groups excluding carboxylic acids is 3. The first kappa shape index (κ1) is 38.7. The summed E-state index contributed by atoms with van der Waals surface area (Å²) in [6.07, 6.45) is 5.17. The topological polar surface area (TPSA) is 191 Å². The van der Waals surface area contributed by atoms with E-state index in [1.165, 1.54) is 52.6 Å². The van der Waals surface area contributed by atoms with Crippen molar-refractivity contribution in [2.45, 2.75) is 56.7 Å². The van der Waals surface area contributed by atoms with Crippen LogP contribution < -0.4 is 17.0 Å². The number of aliphatic hydroxyl groups excluding tert-OH is 1. The summed E-state index contributed by atoms with van der Waals surface area (Å²) in [5.74, 6) is -2.00. The fourth-order valence-electron chi connectivity index (χ4n) is 7.38. The van der Waals surface area contributed by atoms with Gasteiger partial charge in [0.1, 0.15) is 31.1 Å². The molecule has 2 saturated heterocycles. The summed E-state index contributed by atoms with van der Waals surface area (Å²) in [6.45, 7) is 4.26. The van der Waals surface area contributed by atoms with Crippen LogP contribution in [0.15, 0.2) is 71.8 Å². The Hall–Kier alpha value is -5.04. The number of imidazole rings is 1. The maximum absolute atomic E-state index is 13.8. The van der Waals surface area contributed by atoms with Gasteiger partial charge in [-0.05, 0) is 48.6 Å². The van der Waals surface area contributed by atoms with Crippen molar-refractivity contribution in [2.24, 2.45) is 11.8 Å². The number of benzene rings is 2. The lowest BCUT2D eigenvalue weighted by molar-refractivity contribution is -0.751. The summed E-state index contributed by atoms with van der Waals surface area (Å²) in [5, 5.41) is 33.4. The van der Waals surface area contributed by atoms with Crippen LogP contribution in [0, 0.1) is 32.1 Å². The number of halogens is 1. The Morgan fingerprint density at radius 1 is 1.04 bits per heavy atom. The van der Waals surface area contributed by atoms with Crippen molar-refractivity contribution >= 4 is 62.8 Å². The smallest absolute Gasteiger partial charge is 0.410 e. The minimum atomic E-state index is -0.908. The molecule has 2 amide bonds. The first-order chi connectivity index (χ1) is 25.4. The van der Waals surface area contributed by atoms with E-state index >= 15 is 0 Å². The molecular formula is C35H35ClN6O10S2. The van der Waals surface area contributed by atoms with Crippen molar-refractivity contribution in [3.05, 3.63) is 103 Å². The van der Waals surface area contributed by atoms with Gasteiger partial charge in [-0.3, -0.25) is 25.0 Å². The van der Waals surface area contributed by atoms with E-state index in [0.29, 0.717) is 36.2 Å². The number of hydrogen-bond acceptors (Lipinski definition) is 12. The van der Waals surface area contributed by atoms with E-state index in [-0.39, 0.29) is 60.6 Å². The van der Waals surface area contributed by atoms with E-state index in [1.807, 2.05) is 30.1 Å². The zero-order chi connectivity index (χ0) is 37.7. The average Bonchev–Trinajstić information content (AvgIpc) is 3.90. The van der Waals surface area contributed by atoms with Crippen LogP contribution in [0.25, 0.3) is 10.4 Å². The van der Waals surface area contributed by atoms with Crippen molar-refractivity contribution in [3.8, 4) is 0 Å². The van der Waals surface area contributed by atoms with Crippen molar-refractivity contribution in [1.29, 1.82) is 0 Å². The van der Waals surface area contributed by atoms with E-state index in [2.05, 4.69) is 4.57 Å². The molecule has 2 fully saturated rings. The number of β-lactam (4-membered cyclic amide) rings is 1. The third kappa shape index (κ3) is 6.89. The van der Waals surface area contributed by atoms with Gasteiger partial charge in [0.2, 0.25) is 15.8 Å². The molecule has 0 aliphatic carbocycles. The van der Waals surface area contributed by atoms with Gasteiger partial charge in [0.25, 0.3) is 17.7 Å². The van der Waals surface area contributed by atoms with Gasteiger partial charge in [0, 0.05) is 48.7 Å². The highest BCUT2D eigenvalue weighted by Crippen LogP contribution is 2.52. The quantitative estimate of drug-likeness (QED) is 0.0581. The zero-order valence-corrected chi connectivity index (χ0v) is 31.6. The number of aliphatic hydroxyl groups is 1. The number of fused-ring (bicyclic) bond motifs is 2. The number of nitro groups is 2. The number of hydrogen-bond donors (Lipinski definition) is 1. The van der Waals surface area contributed by atoms with Gasteiger partial charge in [-0.2, -0.15) is 4.40 Å². The SMILES string of the molecule is CSc1c2sc(C3=C(C(=O)OCc4ccc([N+](=O)[O-])cc4)N4C(=O)[C@H]([C@@H](C)O)[C@H]4[C@H]3C)cn2c[n+]1C1CCN(C(=O)OCc2ccc([N+](=O)[O-])cc2)C1.[Cl-]. The van der Waals surface area contributed by atoms with Gasteiger partial charge in [-0.15, -0.1) is 0 Å². The summed E-state index contributed by atoms with van der Waals surface area (Å²) >= 11 is 3.02. The van der Waals surface area contributed by atoms with Crippen LogP contribution in [-0.4, -0.2) is 78.6 Å². The molecule has 2 aromatic heterocycles. The Morgan fingerprint density at radius 2 is 1.63 bits per heavy atom. The molecule has 19 heteroatoms. The molecule has 0 bridgehead atoms. The number of esters is 1. The predicted octanol–water partition coefficient (Wildman–Crippen LogP) is 1.73. The lowest BCUT2D eigenvalue weighted by atomic mass is 9.77. The minimum Gasteiger partial charge on any atom is -1.00 e. The molecule has 5 atom stereocenters. The molecule has 16 nitrogen and oxygen atoms in total. The van der Waals surface area contributed by atoms with Crippen LogP contribution in [0.1, 0.15) is 42.3 Å².